The van der Waals surface area contributed by atoms with Crippen LogP contribution in [0.3, 0.4) is 0 Å². The summed E-state index contributed by atoms with van der Waals surface area (Å²) in [5.41, 5.74) is 8.43. The third-order valence-corrected chi connectivity index (χ3v) is 3.88. The van der Waals surface area contributed by atoms with Crippen molar-refractivity contribution in [2.24, 2.45) is 11.7 Å². The van der Waals surface area contributed by atoms with E-state index in [9.17, 15) is 4.79 Å². The van der Waals surface area contributed by atoms with Gasteiger partial charge in [0, 0.05) is 5.92 Å². The van der Waals surface area contributed by atoms with E-state index in [1.54, 1.807) is 7.11 Å². The number of rotatable bonds is 4. The number of ether oxygens (including phenoxy) is 1. The van der Waals surface area contributed by atoms with Crippen molar-refractivity contribution in [3.8, 4) is 5.75 Å². The van der Waals surface area contributed by atoms with Crippen molar-refractivity contribution in [2.45, 2.75) is 26.2 Å². The molecule has 2 rings (SSSR count). The second-order valence-corrected chi connectivity index (χ2v) is 5.29. The van der Waals surface area contributed by atoms with E-state index < -0.39 is 0 Å². The van der Waals surface area contributed by atoms with Crippen LogP contribution in [0.15, 0.2) is 6.07 Å². The SMILES string of the molecule is COc1c(Cl)cc(C)c2c1NC(=O)C(CCCN)C2. The average Bonchev–Trinajstić information content (AvgIpc) is 2.37. The van der Waals surface area contributed by atoms with Gasteiger partial charge in [-0.15, -0.1) is 0 Å². The van der Waals surface area contributed by atoms with E-state index in [0.717, 1.165) is 36.1 Å². The number of nitrogens with two attached hydrogens (primary N) is 1. The van der Waals surface area contributed by atoms with Gasteiger partial charge >= 0.3 is 0 Å². The molecular formula is C14H19ClN2O2. The van der Waals surface area contributed by atoms with Crippen LogP contribution in [-0.2, 0) is 11.2 Å². The molecule has 104 valence electrons. The standard InChI is InChI=1S/C14H19ClN2O2/c1-8-6-11(15)13(19-2)12-10(8)7-9(4-3-5-16)14(18)17-12/h6,9H,3-5,7,16H2,1-2H3,(H,17,18). The smallest absolute Gasteiger partial charge is 0.227 e. The van der Waals surface area contributed by atoms with Crippen molar-refractivity contribution in [3.63, 3.8) is 0 Å². The van der Waals surface area contributed by atoms with Crippen LogP contribution in [0.25, 0.3) is 0 Å². The highest BCUT2D eigenvalue weighted by atomic mass is 35.5. The first-order chi connectivity index (χ1) is 9.08. The number of aryl methyl sites for hydroxylation is 1. The molecule has 0 fully saturated rings. The normalized spacial score (nSPS) is 17.9. The van der Waals surface area contributed by atoms with E-state index in [2.05, 4.69) is 5.32 Å². The number of carbonyl (C=O) groups is 1. The summed E-state index contributed by atoms with van der Waals surface area (Å²) in [7, 11) is 1.56. The molecule has 19 heavy (non-hydrogen) atoms. The second-order valence-electron chi connectivity index (χ2n) is 4.88. The van der Waals surface area contributed by atoms with Gasteiger partial charge in [0.2, 0.25) is 5.91 Å². The molecule has 5 heteroatoms. The number of methoxy groups -OCH3 is 1. The van der Waals surface area contributed by atoms with Crippen LogP contribution in [0.2, 0.25) is 5.02 Å². The fourth-order valence-corrected chi connectivity index (χ4v) is 2.89. The van der Waals surface area contributed by atoms with E-state index >= 15 is 0 Å². The van der Waals surface area contributed by atoms with Gasteiger partial charge in [-0.2, -0.15) is 0 Å². The van der Waals surface area contributed by atoms with Crippen LogP contribution in [-0.4, -0.2) is 19.6 Å². The largest absolute Gasteiger partial charge is 0.493 e. The van der Waals surface area contributed by atoms with E-state index in [1.165, 1.54) is 0 Å². The van der Waals surface area contributed by atoms with Crippen molar-refractivity contribution in [1.82, 2.24) is 0 Å². The number of fused-ring (bicyclic) bond motifs is 1. The summed E-state index contributed by atoms with van der Waals surface area (Å²) in [4.78, 5) is 12.1. The molecule has 0 saturated carbocycles. The number of benzene rings is 1. The number of hydrogen-bond donors (Lipinski definition) is 2. The molecule has 1 atom stereocenters. The maximum absolute atomic E-state index is 12.1. The van der Waals surface area contributed by atoms with Crippen LogP contribution in [0.4, 0.5) is 5.69 Å². The minimum atomic E-state index is -0.0133. The molecular weight excluding hydrogens is 264 g/mol. The Morgan fingerprint density at radius 2 is 2.32 bits per heavy atom. The predicted octanol–water partition coefficient (Wildman–Crippen LogP) is 2.51. The topological polar surface area (TPSA) is 64.3 Å². The van der Waals surface area contributed by atoms with Crippen LogP contribution in [0.5, 0.6) is 5.75 Å². The highest BCUT2D eigenvalue weighted by Crippen LogP contribution is 2.42. The van der Waals surface area contributed by atoms with Crippen LogP contribution in [0.1, 0.15) is 24.0 Å². The number of anilines is 1. The molecule has 1 aliphatic rings. The number of amides is 1. The Balaban J connectivity index is 2.37. The van der Waals surface area contributed by atoms with Gasteiger partial charge in [0.05, 0.1) is 17.8 Å². The molecule has 0 aromatic heterocycles. The average molecular weight is 283 g/mol. The number of carbonyl (C=O) groups excluding carboxylic acids is 1. The second kappa shape index (κ2) is 5.80. The third kappa shape index (κ3) is 2.69. The lowest BCUT2D eigenvalue weighted by Crippen LogP contribution is -2.31. The molecule has 1 unspecified atom stereocenters. The lowest BCUT2D eigenvalue weighted by Gasteiger charge is -2.28. The Morgan fingerprint density at radius 1 is 1.58 bits per heavy atom. The molecule has 4 nitrogen and oxygen atoms in total. The summed E-state index contributed by atoms with van der Waals surface area (Å²) >= 11 is 6.14. The molecule has 1 aromatic rings. The molecule has 1 aromatic carbocycles. The number of nitrogens with one attached hydrogen (secondary N) is 1. The molecule has 0 aliphatic carbocycles. The van der Waals surface area contributed by atoms with Gasteiger partial charge in [-0.05, 0) is 49.9 Å². The lowest BCUT2D eigenvalue weighted by atomic mass is 9.87. The molecule has 1 aliphatic heterocycles. The summed E-state index contributed by atoms with van der Waals surface area (Å²) in [6, 6.07) is 1.89. The lowest BCUT2D eigenvalue weighted by molar-refractivity contribution is -0.120. The Kier molecular flexibility index (Phi) is 4.32. The van der Waals surface area contributed by atoms with Gasteiger partial charge in [0.15, 0.2) is 5.75 Å². The summed E-state index contributed by atoms with van der Waals surface area (Å²) < 4.78 is 5.30. The third-order valence-electron chi connectivity index (χ3n) is 3.60. The van der Waals surface area contributed by atoms with E-state index in [1.807, 2.05) is 13.0 Å². The zero-order valence-electron chi connectivity index (χ0n) is 11.3. The van der Waals surface area contributed by atoms with Gasteiger partial charge in [-0.1, -0.05) is 11.6 Å². The Bertz CT molecular complexity index is 503. The minimum Gasteiger partial charge on any atom is -0.493 e. The Morgan fingerprint density at radius 3 is 2.95 bits per heavy atom. The van der Waals surface area contributed by atoms with Gasteiger partial charge in [0.25, 0.3) is 0 Å². The maximum atomic E-state index is 12.1. The van der Waals surface area contributed by atoms with Gasteiger partial charge in [-0.3, -0.25) is 4.79 Å². The van der Waals surface area contributed by atoms with Crippen molar-refractivity contribution in [3.05, 3.63) is 22.2 Å². The highest BCUT2D eigenvalue weighted by molar-refractivity contribution is 6.33. The first-order valence-electron chi connectivity index (χ1n) is 6.45. The Hall–Kier alpha value is -1.26. The van der Waals surface area contributed by atoms with Crippen molar-refractivity contribution in [2.75, 3.05) is 19.0 Å². The van der Waals surface area contributed by atoms with Crippen LogP contribution in [0, 0.1) is 12.8 Å². The van der Waals surface area contributed by atoms with Crippen LogP contribution >= 0.6 is 11.6 Å². The minimum absolute atomic E-state index is 0.0133. The van der Waals surface area contributed by atoms with E-state index in [4.69, 9.17) is 22.1 Å². The highest BCUT2D eigenvalue weighted by Gasteiger charge is 2.29. The zero-order chi connectivity index (χ0) is 14.0. The first kappa shape index (κ1) is 14.2. The van der Waals surface area contributed by atoms with Gasteiger partial charge in [0.1, 0.15) is 0 Å². The summed E-state index contributed by atoms with van der Waals surface area (Å²) in [6.07, 6.45) is 2.39. The number of hydrogen-bond acceptors (Lipinski definition) is 3. The van der Waals surface area contributed by atoms with Crippen molar-refractivity contribution >= 4 is 23.2 Å². The summed E-state index contributed by atoms with van der Waals surface area (Å²) in [5, 5.41) is 3.46. The summed E-state index contributed by atoms with van der Waals surface area (Å²) in [5.74, 6) is 0.564. The van der Waals surface area contributed by atoms with Gasteiger partial charge in [-0.25, -0.2) is 0 Å². The van der Waals surface area contributed by atoms with Crippen molar-refractivity contribution in [1.29, 1.82) is 0 Å². The van der Waals surface area contributed by atoms with Crippen molar-refractivity contribution < 1.29 is 9.53 Å². The fraction of sp³-hybridized carbons (Fsp3) is 0.500. The summed E-state index contributed by atoms with van der Waals surface area (Å²) in [6.45, 7) is 2.61. The van der Waals surface area contributed by atoms with Crippen LogP contribution < -0.4 is 15.8 Å². The number of halogens is 1. The molecule has 0 bridgehead atoms. The molecule has 1 amide bonds. The maximum Gasteiger partial charge on any atom is 0.227 e. The molecule has 0 spiro atoms. The zero-order valence-corrected chi connectivity index (χ0v) is 12.0. The quantitative estimate of drug-likeness (QED) is 0.892. The molecule has 0 saturated heterocycles. The fourth-order valence-electron chi connectivity index (χ4n) is 2.55. The molecule has 0 radical (unpaired) electrons. The van der Waals surface area contributed by atoms with E-state index in [-0.39, 0.29) is 11.8 Å². The predicted molar refractivity (Wildman–Crippen MR) is 76.9 cm³/mol. The Labute approximate surface area is 118 Å². The first-order valence-corrected chi connectivity index (χ1v) is 6.83. The molecule has 1 heterocycles. The van der Waals surface area contributed by atoms with Gasteiger partial charge < -0.3 is 15.8 Å². The monoisotopic (exact) mass is 282 g/mol. The van der Waals surface area contributed by atoms with E-state index in [0.29, 0.717) is 17.3 Å². The molecule has 3 N–H and O–H groups in total.